The fraction of sp³-hybridized carbons (Fsp3) is 0.188. The molecule has 0 aliphatic heterocycles. The van der Waals surface area contributed by atoms with Gasteiger partial charge < -0.3 is 9.47 Å². The normalized spacial score (nSPS) is 10.7. The highest BCUT2D eigenvalue weighted by molar-refractivity contribution is 9.10. The highest BCUT2D eigenvalue weighted by Gasteiger charge is 2.20. The summed E-state index contributed by atoms with van der Waals surface area (Å²) in [4.78, 5) is 11.4. The number of benzene rings is 2. The van der Waals surface area contributed by atoms with Crippen LogP contribution in [-0.4, -0.2) is 13.1 Å². The van der Waals surface area contributed by atoms with Crippen molar-refractivity contribution in [2.45, 2.75) is 13.3 Å². The molecule has 2 aromatic carbocycles. The summed E-state index contributed by atoms with van der Waals surface area (Å²) < 4.78 is 50.0. The van der Waals surface area contributed by atoms with E-state index in [2.05, 4.69) is 20.7 Å². The molecule has 0 spiro atoms. The highest BCUT2D eigenvalue weighted by Crippen LogP contribution is 2.38. The SMILES string of the molecule is COC(=O)c1ccc(Oc2c(C)cc(F)cc2C(F)F)c(Br)c1. The minimum Gasteiger partial charge on any atom is -0.465 e. The number of carbonyl (C=O) groups excluding carboxylic acids is 1. The summed E-state index contributed by atoms with van der Waals surface area (Å²) in [6, 6.07) is 6.17. The molecule has 0 aromatic heterocycles. The molecule has 0 fully saturated rings. The van der Waals surface area contributed by atoms with Gasteiger partial charge in [0.25, 0.3) is 6.43 Å². The van der Waals surface area contributed by atoms with Crippen molar-refractivity contribution in [3.8, 4) is 11.5 Å². The summed E-state index contributed by atoms with van der Waals surface area (Å²) >= 11 is 3.21. The number of aryl methyl sites for hydroxylation is 1. The van der Waals surface area contributed by atoms with Gasteiger partial charge in [-0.1, -0.05) is 0 Å². The van der Waals surface area contributed by atoms with E-state index in [1.165, 1.54) is 32.2 Å². The molecule has 0 aliphatic carbocycles. The third-order valence-electron chi connectivity index (χ3n) is 3.07. The summed E-state index contributed by atoms with van der Waals surface area (Å²) in [7, 11) is 1.25. The number of halogens is 4. The van der Waals surface area contributed by atoms with Crippen molar-refractivity contribution in [3.63, 3.8) is 0 Å². The number of ether oxygens (including phenoxy) is 2. The van der Waals surface area contributed by atoms with Gasteiger partial charge in [0.05, 0.1) is 22.7 Å². The fourth-order valence-corrected chi connectivity index (χ4v) is 2.46. The van der Waals surface area contributed by atoms with Gasteiger partial charge in [0.1, 0.15) is 17.3 Å². The Morgan fingerprint density at radius 1 is 1.22 bits per heavy atom. The number of alkyl halides is 2. The molecule has 23 heavy (non-hydrogen) atoms. The molecule has 0 amide bonds. The molecule has 2 rings (SSSR count). The quantitative estimate of drug-likeness (QED) is 0.656. The van der Waals surface area contributed by atoms with Crippen molar-refractivity contribution < 1.29 is 27.4 Å². The minimum absolute atomic E-state index is 0.118. The van der Waals surface area contributed by atoms with Gasteiger partial charge in [0.15, 0.2) is 0 Å². The molecule has 0 aliphatic rings. The number of methoxy groups -OCH3 is 1. The van der Waals surface area contributed by atoms with Crippen LogP contribution < -0.4 is 4.74 Å². The van der Waals surface area contributed by atoms with Crippen LogP contribution in [0.4, 0.5) is 13.2 Å². The maximum absolute atomic E-state index is 13.3. The van der Waals surface area contributed by atoms with E-state index in [0.717, 1.165) is 12.1 Å². The molecule has 3 nitrogen and oxygen atoms in total. The van der Waals surface area contributed by atoms with Crippen molar-refractivity contribution >= 4 is 21.9 Å². The third-order valence-corrected chi connectivity index (χ3v) is 3.69. The second-order valence-corrected chi connectivity index (χ2v) is 5.53. The average Bonchev–Trinajstić information content (AvgIpc) is 2.50. The topological polar surface area (TPSA) is 35.5 Å². The Labute approximate surface area is 139 Å². The van der Waals surface area contributed by atoms with E-state index in [1.807, 2.05) is 0 Å². The van der Waals surface area contributed by atoms with E-state index < -0.39 is 23.8 Å². The number of hydrogen-bond acceptors (Lipinski definition) is 3. The summed E-state index contributed by atoms with van der Waals surface area (Å²) in [5.74, 6) is -1.20. The zero-order valence-electron chi connectivity index (χ0n) is 12.2. The summed E-state index contributed by atoms with van der Waals surface area (Å²) in [5, 5.41) is 0. The molecule has 2 aromatic rings. The van der Waals surface area contributed by atoms with Crippen LogP contribution in [0.25, 0.3) is 0 Å². The summed E-state index contributed by atoms with van der Waals surface area (Å²) in [5.41, 5.74) is -0.0210. The molecular formula is C16H12BrF3O3. The monoisotopic (exact) mass is 388 g/mol. The van der Waals surface area contributed by atoms with E-state index in [4.69, 9.17) is 4.74 Å². The number of hydrogen-bond donors (Lipinski definition) is 0. The van der Waals surface area contributed by atoms with Crippen molar-refractivity contribution in [1.29, 1.82) is 0 Å². The summed E-state index contributed by atoms with van der Waals surface area (Å²) in [6.07, 6.45) is -2.88. The van der Waals surface area contributed by atoms with Gasteiger partial charge in [0.2, 0.25) is 0 Å². The minimum atomic E-state index is -2.88. The molecule has 0 N–H and O–H groups in total. The Bertz CT molecular complexity index is 748. The van der Waals surface area contributed by atoms with Gasteiger partial charge in [-0.05, 0) is 58.7 Å². The molecular weight excluding hydrogens is 377 g/mol. The van der Waals surface area contributed by atoms with Crippen LogP contribution in [0.3, 0.4) is 0 Å². The Kier molecular flexibility index (Phi) is 5.30. The predicted octanol–water partition coefficient (Wildman–Crippen LogP) is 5.41. The average molecular weight is 389 g/mol. The van der Waals surface area contributed by atoms with E-state index >= 15 is 0 Å². The largest absolute Gasteiger partial charge is 0.465 e. The van der Waals surface area contributed by atoms with Gasteiger partial charge in [-0.3, -0.25) is 0 Å². The maximum atomic E-state index is 13.3. The van der Waals surface area contributed by atoms with Gasteiger partial charge in [-0.15, -0.1) is 0 Å². The van der Waals surface area contributed by atoms with Crippen LogP contribution >= 0.6 is 15.9 Å². The lowest BCUT2D eigenvalue weighted by molar-refractivity contribution is 0.0600. The zero-order valence-corrected chi connectivity index (χ0v) is 13.8. The molecule has 0 heterocycles. The van der Waals surface area contributed by atoms with Gasteiger partial charge in [-0.2, -0.15) is 0 Å². The van der Waals surface area contributed by atoms with Crippen LogP contribution in [0.5, 0.6) is 11.5 Å². The molecule has 0 atom stereocenters. The third kappa shape index (κ3) is 3.85. The second-order valence-electron chi connectivity index (χ2n) is 4.68. The summed E-state index contributed by atoms with van der Waals surface area (Å²) in [6.45, 7) is 1.47. The predicted molar refractivity (Wildman–Crippen MR) is 81.6 cm³/mol. The highest BCUT2D eigenvalue weighted by atomic mass is 79.9. The van der Waals surface area contributed by atoms with Gasteiger partial charge in [0, 0.05) is 0 Å². The Morgan fingerprint density at radius 3 is 2.48 bits per heavy atom. The maximum Gasteiger partial charge on any atom is 0.337 e. The Balaban J connectivity index is 2.42. The lowest BCUT2D eigenvalue weighted by atomic mass is 10.1. The number of esters is 1. The van der Waals surface area contributed by atoms with Crippen molar-refractivity contribution in [2.24, 2.45) is 0 Å². The lowest BCUT2D eigenvalue weighted by Gasteiger charge is -2.15. The lowest BCUT2D eigenvalue weighted by Crippen LogP contribution is -2.02. The first-order chi connectivity index (χ1) is 10.8. The number of carbonyl (C=O) groups is 1. The molecule has 0 bridgehead atoms. The van der Waals surface area contributed by atoms with Crippen molar-refractivity contribution in [2.75, 3.05) is 7.11 Å². The second kappa shape index (κ2) is 7.04. The smallest absolute Gasteiger partial charge is 0.337 e. The first-order valence-electron chi connectivity index (χ1n) is 6.47. The van der Waals surface area contributed by atoms with Gasteiger partial charge >= 0.3 is 5.97 Å². The van der Waals surface area contributed by atoms with E-state index in [9.17, 15) is 18.0 Å². The number of rotatable bonds is 4. The van der Waals surface area contributed by atoms with Gasteiger partial charge in [-0.25, -0.2) is 18.0 Å². The fourth-order valence-electron chi connectivity index (χ4n) is 2.00. The van der Waals surface area contributed by atoms with Crippen LogP contribution in [0.2, 0.25) is 0 Å². The molecule has 0 radical (unpaired) electrons. The Hall–Kier alpha value is -2.02. The van der Waals surface area contributed by atoms with Crippen LogP contribution in [-0.2, 0) is 4.74 Å². The molecule has 0 unspecified atom stereocenters. The van der Waals surface area contributed by atoms with E-state index in [0.29, 0.717) is 4.47 Å². The molecule has 7 heteroatoms. The molecule has 0 saturated heterocycles. The van der Waals surface area contributed by atoms with Crippen molar-refractivity contribution in [3.05, 3.63) is 57.3 Å². The van der Waals surface area contributed by atoms with Crippen LogP contribution in [0.1, 0.15) is 27.9 Å². The first kappa shape index (κ1) is 17.3. The molecule has 122 valence electrons. The van der Waals surface area contributed by atoms with Crippen LogP contribution in [0, 0.1) is 12.7 Å². The standard InChI is InChI=1S/C16H12BrF3O3/c1-8-5-10(18)7-11(15(19)20)14(8)23-13-4-3-9(6-12(13)17)16(21)22-2/h3-7,15H,1-2H3. The first-order valence-corrected chi connectivity index (χ1v) is 7.26. The Morgan fingerprint density at radius 2 is 1.91 bits per heavy atom. The van der Waals surface area contributed by atoms with Crippen LogP contribution in [0.15, 0.2) is 34.8 Å². The molecule has 0 saturated carbocycles. The van der Waals surface area contributed by atoms with Crippen molar-refractivity contribution in [1.82, 2.24) is 0 Å². The van der Waals surface area contributed by atoms with E-state index in [1.54, 1.807) is 0 Å². The zero-order chi connectivity index (χ0) is 17.1. The van der Waals surface area contributed by atoms with E-state index in [-0.39, 0.29) is 22.6 Å².